The van der Waals surface area contributed by atoms with Crippen LogP contribution in [0.5, 0.6) is 0 Å². The van der Waals surface area contributed by atoms with Gasteiger partial charge in [0.25, 0.3) is 0 Å². The summed E-state index contributed by atoms with van der Waals surface area (Å²) in [6, 6.07) is 0. The minimum Gasteiger partial charge on any atom is -0.234 e. The molecule has 7 heteroatoms. The molecule has 0 bridgehead atoms. The zero-order valence-electron chi connectivity index (χ0n) is 11.7. The lowest BCUT2D eigenvalue weighted by Gasteiger charge is -2.35. The molecule has 0 aromatic rings. The van der Waals surface area contributed by atoms with Crippen molar-refractivity contribution in [2.75, 3.05) is 36.5 Å². The fourth-order valence-corrected chi connectivity index (χ4v) is 8.29. The molecule has 3 nitrogen and oxygen atoms in total. The second-order valence-corrected chi connectivity index (χ2v) is 13.5. The van der Waals surface area contributed by atoms with E-state index in [2.05, 4.69) is 0 Å². The first-order valence-corrected chi connectivity index (χ1v) is 12.2. The summed E-state index contributed by atoms with van der Waals surface area (Å²) in [5.41, 5.74) is 0. The molecule has 0 spiro atoms. The van der Waals surface area contributed by atoms with Gasteiger partial charge in [0.2, 0.25) is 0 Å². The van der Waals surface area contributed by atoms with Gasteiger partial charge in [-0.3, -0.25) is 0 Å². The molecule has 0 saturated heterocycles. The molecule has 0 aliphatic heterocycles. The number of hydrogen-bond donors (Lipinski definition) is 0. The molecule has 0 rings (SSSR count). The summed E-state index contributed by atoms with van der Waals surface area (Å²) in [6.45, 7) is 3.99. The molecule has 0 saturated carbocycles. The van der Waals surface area contributed by atoms with Crippen molar-refractivity contribution in [2.45, 2.75) is 26.7 Å². The SMILES string of the molecule is CCCS(C)(C)OP(=O)(F)OS(C)(C)CCC. The molecule has 0 N–H and O–H groups in total. The molecule has 0 aliphatic carbocycles. The minimum absolute atomic E-state index is 0.730. The third kappa shape index (κ3) is 8.49. The summed E-state index contributed by atoms with van der Waals surface area (Å²) >= 11 is 0. The van der Waals surface area contributed by atoms with E-state index in [0.29, 0.717) is 0 Å². The van der Waals surface area contributed by atoms with E-state index in [0.717, 1.165) is 24.3 Å². The monoisotopic (exact) mass is 308 g/mol. The second kappa shape index (κ2) is 6.80. The van der Waals surface area contributed by atoms with E-state index in [1.54, 1.807) is 0 Å². The average molecular weight is 308 g/mol. The summed E-state index contributed by atoms with van der Waals surface area (Å²) in [7, 11) is -7.67. The minimum atomic E-state index is -4.42. The molecule has 0 heterocycles. The van der Waals surface area contributed by atoms with Gasteiger partial charge >= 0.3 is 7.91 Å². The molecule has 0 aromatic carbocycles. The maximum absolute atomic E-state index is 13.9. The van der Waals surface area contributed by atoms with Crippen molar-refractivity contribution in [1.29, 1.82) is 0 Å². The Labute approximate surface area is 109 Å². The van der Waals surface area contributed by atoms with Crippen LogP contribution in [0, 0.1) is 0 Å². The van der Waals surface area contributed by atoms with Gasteiger partial charge in [-0.15, -0.1) is 24.8 Å². The van der Waals surface area contributed by atoms with E-state index in [1.165, 1.54) is 0 Å². The van der Waals surface area contributed by atoms with E-state index in [4.69, 9.17) is 7.94 Å². The van der Waals surface area contributed by atoms with Gasteiger partial charge in [-0.1, -0.05) is 13.8 Å². The third-order valence-corrected chi connectivity index (χ3v) is 9.41. The summed E-state index contributed by atoms with van der Waals surface area (Å²) < 4.78 is 35.8. The highest BCUT2D eigenvalue weighted by molar-refractivity contribution is 8.32. The lowest BCUT2D eigenvalue weighted by Crippen LogP contribution is -2.07. The van der Waals surface area contributed by atoms with Crippen LogP contribution in [0.4, 0.5) is 4.20 Å². The van der Waals surface area contributed by atoms with Crippen molar-refractivity contribution in [3.05, 3.63) is 0 Å². The predicted octanol–water partition coefficient (Wildman–Crippen LogP) is 4.88. The Kier molecular flexibility index (Phi) is 7.12. The van der Waals surface area contributed by atoms with Crippen molar-refractivity contribution in [3.63, 3.8) is 0 Å². The highest BCUT2D eigenvalue weighted by Crippen LogP contribution is 2.69. The van der Waals surface area contributed by atoms with E-state index in [9.17, 15) is 8.76 Å². The first-order chi connectivity index (χ1) is 7.54. The van der Waals surface area contributed by atoms with Crippen molar-refractivity contribution in [3.8, 4) is 0 Å². The van der Waals surface area contributed by atoms with Crippen LogP contribution >= 0.6 is 28.5 Å². The molecule has 0 atom stereocenters. The van der Waals surface area contributed by atoms with Crippen LogP contribution in [-0.4, -0.2) is 36.5 Å². The van der Waals surface area contributed by atoms with E-state index >= 15 is 0 Å². The lowest BCUT2D eigenvalue weighted by molar-refractivity contribution is 0.368. The zero-order valence-corrected chi connectivity index (χ0v) is 14.2. The fraction of sp³-hybridized carbons (Fsp3) is 1.00. The summed E-state index contributed by atoms with van der Waals surface area (Å²) in [6.07, 6.45) is 9.02. The molecule has 0 unspecified atom stereocenters. The van der Waals surface area contributed by atoms with Crippen LogP contribution in [0.15, 0.2) is 0 Å². The quantitative estimate of drug-likeness (QED) is 0.600. The predicted molar refractivity (Wildman–Crippen MR) is 80.1 cm³/mol. The second-order valence-electron chi connectivity index (χ2n) is 4.86. The molecule has 17 heavy (non-hydrogen) atoms. The Morgan fingerprint density at radius 2 is 1.24 bits per heavy atom. The highest BCUT2D eigenvalue weighted by Gasteiger charge is 2.35. The van der Waals surface area contributed by atoms with Gasteiger partial charge in [0.15, 0.2) is 0 Å². The maximum atomic E-state index is 13.9. The maximum Gasteiger partial charge on any atom is 0.532 e. The third-order valence-electron chi connectivity index (χ3n) is 1.97. The number of halogens is 1. The average Bonchev–Trinajstić information content (AvgIpc) is 1.96. The van der Waals surface area contributed by atoms with Gasteiger partial charge in [-0.25, -0.2) is 12.5 Å². The molecule has 0 aromatic heterocycles. The molecule has 0 radical (unpaired) electrons. The van der Waals surface area contributed by atoms with Gasteiger partial charge < -0.3 is 0 Å². The Balaban J connectivity index is 4.53. The Bertz CT molecular complexity index is 261. The Morgan fingerprint density at radius 3 is 1.47 bits per heavy atom. The number of rotatable bonds is 8. The molecule has 0 aliphatic rings. The summed E-state index contributed by atoms with van der Waals surface area (Å²) in [5, 5.41) is 0. The van der Waals surface area contributed by atoms with Gasteiger partial charge in [0.05, 0.1) is 0 Å². The van der Waals surface area contributed by atoms with Crippen LogP contribution in [0.2, 0.25) is 0 Å². The first kappa shape index (κ1) is 17.8. The normalized spacial score (nSPS) is 15.9. The molecule has 108 valence electrons. The Morgan fingerprint density at radius 1 is 0.941 bits per heavy atom. The van der Waals surface area contributed by atoms with Crippen molar-refractivity contribution in [2.24, 2.45) is 0 Å². The zero-order chi connectivity index (χ0) is 13.7. The lowest BCUT2D eigenvalue weighted by atomic mass is 10.6. The van der Waals surface area contributed by atoms with Gasteiger partial charge in [0.1, 0.15) is 0 Å². The standard InChI is InChI=1S/C10H26FO3PS2/c1-7-9-16(3,4)13-15(11,12)14-17(5,6)10-8-2/h7-10H2,1-6H3. The smallest absolute Gasteiger partial charge is 0.234 e. The Hall–Kier alpha value is 0.780. The largest absolute Gasteiger partial charge is 0.532 e. The van der Waals surface area contributed by atoms with Crippen LogP contribution < -0.4 is 0 Å². The van der Waals surface area contributed by atoms with E-state index < -0.39 is 28.5 Å². The van der Waals surface area contributed by atoms with Crippen LogP contribution in [0.25, 0.3) is 0 Å². The van der Waals surface area contributed by atoms with E-state index in [1.807, 2.05) is 38.9 Å². The van der Waals surface area contributed by atoms with E-state index in [-0.39, 0.29) is 0 Å². The van der Waals surface area contributed by atoms with Gasteiger partial charge in [0, 0.05) is 0 Å². The summed E-state index contributed by atoms with van der Waals surface area (Å²) in [5.74, 6) is 1.46. The van der Waals surface area contributed by atoms with Crippen LogP contribution in [0.3, 0.4) is 0 Å². The summed E-state index contributed by atoms with van der Waals surface area (Å²) in [4.78, 5) is 0. The topological polar surface area (TPSA) is 35.5 Å². The molecular formula is C10H26FO3PS2. The first-order valence-electron chi connectivity index (χ1n) is 5.67. The van der Waals surface area contributed by atoms with Crippen molar-refractivity contribution >= 4 is 28.5 Å². The fourth-order valence-electron chi connectivity index (χ4n) is 1.55. The highest BCUT2D eigenvalue weighted by atomic mass is 32.3. The molecular weight excluding hydrogens is 282 g/mol. The van der Waals surface area contributed by atoms with Gasteiger partial charge in [-0.05, 0) is 49.4 Å². The molecule has 0 amide bonds. The molecule has 0 fully saturated rings. The van der Waals surface area contributed by atoms with Crippen molar-refractivity contribution < 1.29 is 16.7 Å². The van der Waals surface area contributed by atoms with Crippen LogP contribution in [0.1, 0.15) is 26.7 Å². The van der Waals surface area contributed by atoms with Crippen LogP contribution in [-0.2, 0) is 12.5 Å². The van der Waals surface area contributed by atoms with Gasteiger partial charge in [-0.2, -0.15) is 0 Å². The van der Waals surface area contributed by atoms with Crippen molar-refractivity contribution in [1.82, 2.24) is 0 Å². The number of hydrogen-bond acceptors (Lipinski definition) is 3.